The summed E-state index contributed by atoms with van der Waals surface area (Å²) in [5, 5.41) is 18.5. The van der Waals surface area contributed by atoms with Gasteiger partial charge in [0.2, 0.25) is 10.0 Å². The number of carbonyl (C=O) groups is 1. The highest BCUT2D eigenvalue weighted by Crippen LogP contribution is 2.24. The number of aliphatic hydroxyl groups excluding tert-OH is 1. The number of hydrogen-bond donors (Lipinski definition) is 3. The zero-order valence-corrected chi connectivity index (χ0v) is 11.7. The van der Waals surface area contributed by atoms with Crippen LogP contribution in [0.1, 0.15) is 35.4 Å². The van der Waals surface area contributed by atoms with Crippen molar-refractivity contribution in [2.45, 2.75) is 42.0 Å². The Morgan fingerprint density at radius 3 is 2.58 bits per heavy atom. The molecule has 2 unspecified atom stereocenters. The minimum absolute atomic E-state index is 0.0235. The first kappa shape index (κ1) is 14.4. The lowest BCUT2D eigenvalue weighted by Gasteiger charge is -2.27. The first-order valence-electron chi connectivity index (χ1n) is 5.93. The number of thiophene rings is 1. The van der Waals surface area contributed by atoms with Gasteiger partial charge in [-0.3, -0.25) is 0 Å². The highest BCUT2D eigenvalue weighted by atomic mass is 32.2. The van der Waals surface area contributed by atoms with E-state index in [9.17, 15) is 18.3 Å². The minimum Gasteiger partial charge on any atom is -0.477 e. The zero-order valence-electron chi connectivity index (χ0n) is 10.1. The molecule has 0 aliphatic heterocycles. The molecule has 0 bridgehead atoms. The number of carboxylic acids is 1. The standard InChI is InChI=1S/C11H15NO5S2/c13-8-4-2-1-3-7(8)12-19(16,17)10-6-5-9(18-10)11(14)15/h5-8,12-13H,1-4H2,(H,14,15). The molecule has 3 N–H and O–H groups in total. The minimum atomic E-state index is -3.76. The van der Waals surface area contributed by atoms with Gasteiger partial charge in [0.05, 0.1) is 6.10 Å². The van der Waals surface area contributed by atoms with Crippen LogP contribution in [-0.2, 0) is 10.0 Å². The highest BCUT2D eigenvalue weighted by molar-refractivity contribution is 7.91. The van der Waals surface area contributed by atoms with Crippen LogP contribution in [0.2, 0.25) is 0 Å². The molecule has 1 fully saturated rings. The Morgan fingerprint density at radius 1 is 1.32 bits per heavy atom. The molecule has 2 rings (SSSR count). The molecule has 19 heavy (non-hydrogen) atoms. The number of sulfonamides is 1. The van der Waals surface area contributed by atoms with Crippen LogP contribution in [0.15, 0.2) is 16.3 Å². The number of aliphatic hydroxyl groups is 1. The van der Waals surface area contributed by atoms with E-state index in [2.05, 4.69) is 4.72 Å². The third-order valence-electron chi connectivity index (χ3n) is 3.09. The fraction of sp³-hybridized carbons (Fsp3) is 0.545. The second kappa shape index (κ2) is 5.58. The molecule has 0 aromatic carbocycles. The van der Waals surface area contributed by atoms with Crippen molar-refractivity contribution in [2.24, 2.45) is 0 Å². The zero-order chi connectivity index (χ0) is 14.0. The summed E-state index contributed by atoms with van der Waals surface area (Å²) in [6, 6.07) is 2.04. The summed E-state index contributed by atoms with van der Waals surface area (Å²) in [7, 11) is -3.76. The lowest BCUT2D eigenvalue weighted by molar-refractivity contribution is 0.0702. The van der Waals surface area contributed by atoms with Crippen LogP contribution in [0.25, 0.3) is 0 Å². The Morgan fingerprint density at radius 2 is 2.00 bits per heavy atom. The third-order valence-corrected chi connectivity index (χ3v) is 6.15. The van der Waals surface area contributed by atoms with Crippen LogP contribution >= 0.6 is 11.3 Å². The highest BCUT2D eigenvalue weighted by Gasteiger charge is 2.29. The van der Waals surface area contributed by atoms with Crippen molar-refractivity contribution in [3.05, 3.63) is 17.0 Å². The van der Waals surface area contributed by atoms with Gasteiger partial charge in [-0.05, 0) is 25.0 Å². The van der Waals surface area contributed by atoms with E-state index in [1.54, 1.807) is 0 Å². The Hall–Kier alpha value is -0.960. The number of nitrogens with one attached hydrogen (secondary N) is 1. The van der Waals surface area contributed by atoms with Crippen molar-refractivity contribution in [2.75, 3.05) is 0 Å². The molecule has 1 aliphatic carbocycles. The van der Waals surface area contributed by atoms with E-state index in [-0.39, 0.29) is 9.09 Å². The average Bonchev–Trinajstić information content (AvgIpc) is 2.82. The molecule has 0 saturated heterocycles. The summed E-state index contributed by atoms with van der Waals surface area (Å²) in [5.41, 5.74) is 0. The van der Waals surface area contributed by atoms with Crippen molar-refractivity contribution in [1.29, 1.82) is 0 Å². The van der Waals surface area contributed by atoms with Gasteiger partial charge in [0.1, 0.15) is 9.09 Å². The Balaban J connectivity index is 2.15. The summed E-state index contributed by atoms with van der Waals surface area (Å²) in [4.78, 5) is 10.7. The molecule has 1 aromatic rings. The molecular weight excluding hydrogens is 290 g/mol. The summed E-state index contributed by atoms with van der Waals surface area (Å²) in [6.45, 7) is 0. The van der Waals surface area contributed by atoms with Gasteiger partial charge < -0.3 is 10.2 Å². The van der Waals surface area contributed by atoms with Crippen LogP contribution in [0.5, 0.6) is 0 Å². The molecule has 106 valence electrons. The van der Waals surface area contributed by atoms with Crippen LogP contribution < -0.4 is 4.72 Å². The summed E-state index contributed by atoms with van der Waals surface area (Å²) >= 11 is 0.706. The quantitative estimate of drug-likeness (QED) is 0.770. The van der Waals surface area contributed by atoms with Gasteiger partial charge in [0, 0.05) is 6.04 Å². The molecule has 8 heteroatoms. The molecule has 2 atom stereocenters. The van der Waals surface area contributed by atoms with Gasteiger partial charge in [0.15, 0.2) is 0 Å². The molecule has 1 aromatic heterocycles. The Bertz CT molecular complexity index is 565. The van der Waals surface area contributed by atoms with Crippen LogP contribution in [-0.4, -0.2) is 36.7 Å². The van der Waals surface area contributed by atoms with Gasteiger partial charge in [-0.2, -0.15) is 0 Å². The van der Waals surface area contributed by atoms with Crippen molar-refractivity contribution in [1.82, 2.24) is 4.72 Å². The monoisotopic (exact) mass is 305 g/mol. The fourth-order valence-corrected chi connectivity index (χ4v) is 4.55. The van der Waals surface area contributed by atoms with Gasteiger partial charge in [-0.15, -0.1) is 11.3 Å². The topological polar surface area (TPSA) is 104 Å². The van der Waals surface area contributed by atoms with E-state index in [0.29, 0.717) is 24.2 Å². The van der Waals surface area contributed by atoms with E-state index in [0.717, 1.165) is 12.8 Å². The van der Waals surface area contributed by atoms with Crippen LogP contribution in [0.3, 0.4) is 0 Å². The molecule has 1 aliphatic rings. The van der Waals surface area contributed by atoms with Crippen molar-refractivity contribution in [3.63, 3.8) is 0 Å². The molecule has 0 radical (unpaired) electrons. The molecule has 1 heterocycles. The van der Waals surface area contributed by atoms with E-state index in [4.69, 9.17) is 5.11 Å². The number of rotatable bonds is 4. The van der Waals surface area contributed by atoms with E-state index in [1.165, 1.54) is 12.1 Å². The smallest absolute Gasteiger partial charge is 0.345 e. The summed E-state index contributed by atoms with van der Waals surface area (Å²) < 4.78 is 26.6. The lowest BCUT2D eigenvalue weighted by atomic mass is 9.93. The van der Waals surface area contributed by atoms with Crippen molar-refractivity contribution < 1.29 is 23.4 Å². The number of aromatic carboxylic acids is 1. The summed E-state index contributed by atoms with van der Waals surface area (Å²) in [6.07, 6.45) is 2.26. The van der Waals surface area contributed by atoms with E-state index >= 15 is 0 Å². The van der Waals surface area contributed by atoms with Gasteiger partial charge in [-0.25, -0.2) is 17.9 Å². The second-order valence-electron chi connectivity index (χ2n) is 4.50. The van der Waals surface area contributed by atoms with E-state index < -0.39 is 28.1 Å². The third kappa shape index (κ3) is 3.33. The van der Waals surface area contributed by atoms with Crippen LogP contribution in [0.4, 0.5) is 0 Å². The molecule has 0 amide bonds. The second-order valence-corrected chi connectivity index (χ2v) is 7.53. The van der Waals surface area contributed by atoms with Crippen molar-refractivity contribution >= 4 is 27.3 Å². The van der Waals surface area contributed by atoms with Gasteiger partial charge in [-0.1, -0.05) is 12.8 Å². The largest absolute Gasteiger partial charge is 0.477 e. The molecular formula is C11H15NO5S2. The van der Waals surface area contributed by atoms with Crippen molar-refractivity contribution in [3.8, 4) is 0 Å². The fourth-order valence-electron chi connectivity index (χ4n) is 2.09. The Kier molecular flexibility index (Phi) is 4.24. The number of carboxylic acid groups (broad SMARTS) is 1. The van der Waals surface area contributed by atoms with Crippen LogP contribution in [0, 0.1) is 0 Å². The molecule has 0 spiro atoms. The first-order chi connectivity index (χ1) is 8.90. The summed E-state index contributed by atoms with van der Waals surface area (Å²) in [5.74, 6) is -1.15. The SMILES string of the molecule is O=C(O)c1ccc(S(=O)(=O)NC2CCCCC2O)s1. The van der Waals surface area contributed by atoms with Gasteiger partial charge >= 0.3 is 5.97 Å². The molecule has 6 nitrogen and oxygen atoms in total. The maximum Gasteiger partial charge on any atom is 0.345 e. The normalized spacial score (nSPS) is 24.3. The average molecular weight is 305 g/mol. The van der Waals surface area contributed by atoms with Gasteiger partial charge in [0.25, 0.3) is 0 Å². The Labute approximate surface area is 115 Å². The maximum atomic E-state index is 12.1. The predicted octanol–water partition coefficient (Wildman–Crippen LogP) is 1.03. The van der Waals surface area contributed by atoms with E-state index in [1.807, 2.05) is 0 Å². The number of hydrogen-bond acceptors (Lipinski definition) is 5. The maximum absolute atomic E-state index is 12.1. The first-order valence-corrected chi connectivity index (χ1v) is 8.23. The lowest BCUT2D eigenvalue weighted by Crippen LogP contribution is -2.44. The molecule has 1 saturated carbocycles. The predicted molar refractivity (Wildman–Crippen MR) is 69.9 cm³/mol.